The second kappa shape index (κ2) is 10.4. The Labute approximate surface area is 173 Å². The van der Waals surface area contributed by atoms with E-state index in [1.54, 1.807) is 24.3 Å². The average Bonchev–Trinajstić information content (AvgIpc) is 2.71. The number of halogens is 1. The van der Waals surface area contributed by atoms with Gasteiger partial charge in [0, 0.05) is 17.1 Å². The number of methoxy groups -OCH3 is 1. The van der Waals surface area contributed by atoms with Gasteiger partial charge in [-0.25, -0.2) is 8.42 Å². The molecule has 156 valence electrons. The Morgan fingerprint density at radius 3 is 2.28 bits per heavy atom. The monoisotopic (exact) mass is 440 g/mol. The number of esters is 1. The molecule has 0 saturated heterocycles. The molecular weight excluding hydrogens is 420 g/mol. The van der Waals surface area contributed by atoms with E-state index in [0.29, 0.717) is 17.1 Å². The molecule has 10 heteroatoms. The Balaban J connectivity index is 2.00. The Morgan fingerprint density at radius 2 is 1.72 bits per heavy atom. The molecule has 1 unspecified atom stereocenters. The number of aliphatic hydroxyl groups excluding tert-OH is 1. The summed E-state index contributed by atoms with van der Waals surface area (Å²) in [6.45, 7) is -0.726. The summed E-state index contributed by atoms with van der Waals surface area (Å²) in [6, 6.07) is 10.7. The Kier molecular flexibility index (Phi) is 8.15. The number of amides is 1. The van der Waals surface area contributed by atoms with Gasteiger partial charge in [0.2, 0.25) is 15.9 Å². The number of nitrogens with one attached hydrogen (secondary N) is 2. The van der Waals surface area contributed by atoms with Gasteiger partial charge in [0.05, 0.1) is 18.6 Å². The van der Waals surface area contributed by atoms with Crippen LogP contribution in [0.1, 0.15) is 12.0 Å². The standard InChI is InChI=1S/C19H21ClN2O6S/c1-28-18(24)11-4-13-2-7-15(8-3-13)21-19(25)17(12-23)22-29(26,27)16-9-5-14(20)6-10-16/h2-3,5-10,17,22-23H,4,11-12H2,1H3,(H,21,25). The highest BCUT2D eigenvalue weighted by Gasteiger charge is 2.25. The number of hydrogen-bond donors (Lipinski definition) is 3. The molecule has 0 heterocycles. The lowest BCUT2D eigenvalue weighted by atomic mass is 10.1. The van der Waals surface area contributed by atoms with Crippen molar-refractivity contribution >= 4 is 39.2 Å². The molecule has 0 aromatic heterocycles. The van der Waals surface area contributed by atoms with E-state index in [0.717, 1.165) is 5.56 Å². The summed E-state index contributed by atoms with van der Waals surface area (Å²) in [7, 11) is -2.70. The predicted molar refractivity (Wildman–Crippen MR) is 108 cm³/mol. The molecule has 2 rings (SSSR count). The largest absolute Gasteiger partial charge is 0.469 e. The third kappa shape index (κ3) is 6.82. The van der Waals surface area contributed by atoms with Crippen LogP contribution in [0.5, 0.6) is 0 Å². The normalized spacial score (nSPS) is 12.2. The van der Waals surface area contributed by atoms with Gasteiger partial charge in [0.15, 0.2) is 0 Å². The molecule has 0 aliphatic rings. The van der Waals surface area contributed by atoms with Crippen LogP contribution in [0, 0.1) is 0 Å². The molecule has 1 atom stereocenters. The van der Waals surface area contributed by atoms with E-state index in [1.807, 2.05) is 0 Å². The highest BCUT2D eigenvalue weighted by Crippen LogP contribution is 2.15. The summed E-state index contributed by atoms with van der Waals surface area (Å²) >= 11 is 5.75. The minimum Gasteiger partial charge on any atom is -0.469 e. The van der Waals surface area contributed by atoms with Gasteiger partial charge in [-0.05, 0) is 48.4 Å². The molecular formula is C19H21ClN2O6S. The van der Waals surface area contributed by atoms with Gasteiger partial charge < -0.3 is 15.2 Å². The molecule has 0 aliphatic carbocycles. The number of ether oxygens (including phenoxy) is 1. The number of rotatable bonds is 9. The maximum atomic E-state index is 12.4. The molecule has 0 saturated carbocycles. The second-order valence-corrected chi connectivity index (χ2v) is 8.22. The summed E-state index contributed by atoms with van der Waals surface area (Å²) in [5, 5.41) is 12.4. The molecule has 0 fully saturated rings. The van der Waals surface area contributed by atoms with Crippen molar-refractivity contribution in [2.45, 2.75) is 23.8 Å². The van der Waals surface area contributed by atoms with Crippen molar-refractivity contribution in [3.8, 4) is 0 Å². The van der Waals surface area contributed by atoms with Gasteiger partial charge in [-0.15, -0.1) is 0 Å². The highest BCUT2D eigenvalue weighted by molar-refractivity contribution is 7.89. The third-order valence-corrected chi connectivity index (χ3v) is 5.73. The summed E-state index contributed by atoms with van der Waals surface area (Å²) in [4.78, 5) is 23.5. The van der Waals surface area contributed by atoms with Crippen LogP contribution in [0.15, 0.2) is 53.4 Å². The molecule has 2 aromatic carbocycles. The van der Waals surface area contributed by atoms with E-state index >= 15 is 0 Å². The first kappa shape index (κ1) is 22.8. The zero-order valence-corrected chi connectivity index (χ0v) is 17.2. The molecule has 0 bridgehead atoms. The van der Waals surface area contributed by atoms with Crippen molar-refractivity contribution in [1.29, 1.82) is 0 Å². The van der Waals surface area contributed by atoms with Crippen LogP contribution in [0.25, 0.3) is 0 Å². The molecule has 1 amide bonds. The lowest BCUT2D eigenvalue weighted by Gasteiger charge is -2.16. The van der Waals surface area contributed by atoms with Crippen LogP contribution in [0.3, 0.4) is 0 Å². The topological polar surface area (TPSA) is 122 Å². The molecule has 0 aliphatic heterocycles. The van der Waals surface area contributed by atoms with Crippen molar-refractivity contribution in [3.63, 3.8) is 0 Å². The summed E-state index contributed by atoms with van der Waals surface area (Å²) in [5.41, 5.74) is 1.29. The summed E-state index contributed by atoms with van der Waals surface area (Å²) in [6.07, 6.45) is 0.725. The van der Waals surface area contributed by atoms with Gasteiger partial charge in [-0.1, -0.05) is 23.7 Å². The maximum Gasteiger partial charge on any atom is 0.305 e. The van der Waals surface area contributed by atoms with Crippen LogP contribution < -0.4 is 10.0 Å². The number of sulfonamides is 1. The van der Waals surface area contributed by atoms with Gasteiger partial charge in [-0.2, -0.15) is 4.72 Å². The minimum absolute atomic E-state index is 0.0805. The van der Waals surface area contributed by atoms with Gasteiger partial charge in [0.1, 0.15) is 6.04 Å². The van der Waals surface area contributed by atoms with Gasteiger partial charge in [-0.3, -0.25) is 9.59 Å². The first-order valence-corrected chi connectivity index (χ1v) is 10.5. The van der Waals surface area contributed by atoms with E-state index in [1.165, 1.54) is 31.4 Å². The third-order valence-electron chi connectivity index (χ3n) is 3.99. The first-order valence-electron chi connectivity index (χ1n) is 8.60. The SMILES string of the molecule is COC(=O)CCc1ccc(NC(=O)C(CO)NS(=O)(=O)c2ccc(Cl)cc2)cc1. The van der Waals surface area contributed by atoms with E-state index in [4.69, 9.17) is 11.6 Å². The molecule has 8 nitrogen and oxygen atoms in total. The van der Waals surface area contributed by atoms with E-state index in [-0.39, 0.29) is 17.3 Å². The Hall–Kier alpha value is -2.46. The fourth-order valence-electron chi connectivity index (χ4n) is 2.38. The van der Waals surface area contributed by atoms with Crippen LogP contribution in [-0.4, -0.2) is 45.2 Å². The zero-order chi connectivity index (χ0) is 21.4. The van der Waals surface area contributed by atoms with E-state index in [2.05, 4.69) is 14.8 Å². The van der Waals surface area contributed by atoms with Crippen molar-refractivity contribution in [2.24, 2.45) is 0 Å². The fraction of sp³-hybridized carbons (Fsp3) is 0.263. The molecule has 3 N–H and O–H groups in total. The number of carbonyl (C=O) groups excluding carboxylic acids is 2. The summed E-state index contributed by atoms with van der Waals surface area (Å²) < 4.78 is 31.5. The number of aryl methyl sites for hydroxylation is 1. The number of aliphatic hydroxyl groups is 1. The van der Waals surface area contributed by atoms with Crippen molar-refractivity contribution in [2.75, 3.05) is 19.0 Å². The highest BCUT2D eigenvalue weighted by atomic mass is 35.5. The molecule has 0 spiro atoms. The lowest BCUT2D eigenvalue weighted by molar-refractivity contribution is -0.140. The van der Waals surface area contributed by atoms with Crippen molar-refractivity contribution in [1.82, 2.24) is 4.72 Å². The van der Waals surface area contributed by atoms with Crippen molar-refractivity contribution in [3.05, 3.63) is 59.1 Å². The predicted octanol–water partition coefficient (Wildman–Crippen LogP) is 1.72. The number of carbonyl (C=O) groups is 2. The average molecular weight is 441 g/mol. The number of benzene rings is 2. The number of hydrogen-bond acceptors (Lipinski definition) is 6. The van der Waals surface area contributed by atoms with Crippen LogP contribution in [0.4, 0.5) is 5.69 Å². The minimum atomic E-state index is -4.02. The second-order valence-electron chi connectivity index (χ2n) is 6.07. The first-order chi connectivity index (χ1) is 13.7. The van der Waals surface area contributed by atoms with Crippen LogP contribution >= 0.6 is 11.6 Å². The zero-order valence-electron chi connectivity index (χ0n) is 15.6. The van der Waals surface area contributed by atoms with Gasteiger partial charge in [0.25, 0.3) is 0 Å². The van der Waals surface area contributed by atoms with Crippen molar-refractivity contribution < 1.29 is 27.9 Å². The quantitative estimate of drug-likeness (QED) is 0.510. The molecule has 0 radical (unpaired) electrons. The number of anilines is 1. The van der Waals surface area contributed by atoms with E-state index < -0.39 is 28.6 Å². The molecule has 2 aromatic rings. The Morgan fingerprint density at radius 1 is 1.10 bits per heavy atom. The van der Waals surface area contributed by atoms with Gasteiger partial charge >= 0.3 is 5.97 Å². The molecule has 29 heavy (non-hydrogen) atoms. The maximum absolute atomic E-state index is 12.4. The lowest BCUT2D eigenvalue weighted by Crippen LogP contribution is -2.46. The fourth-order valence-corrected chi connectivity index (χ4v) is 3.69. The summed E-state index contributed by atoms with van der Waals surface area (Å²) in [5.74, 6) is -1.03. The van der Waals surface area contributed by atoms with Crippen LogP contribution in [0.2, 0.25) is 5.02 Å². The van der Waals surface area contributed by atoms with E-state index in [9.17, 15) is 23.1 Å². The Bertz CT molecular complexity index is 946. The smallest absolute Gasteiger partial charge is 0.305 e. The van der Waals surface area contributed by atoms with Crippen LogP contribution in [-0.2, 0) is 30.8 Å².